The number of halogens is 3. The number of benzene rings is 2. The minimum absolute atomic E-state index is 0.00116. The lowest BCUT2D eigenvalue weighted by atomic mass is 10.2. The van der Waals surface area contributed by atoms with Gasteiger partial charge in [0.15, 0.2) is 6.54 Å². The fraction of sp³-hybridized carbons (Fsp3) is 0.316. The third-order valence-electron chi connectivity index (χ3n) is 4.56. The van der Waals surface area contributed by atoms with Crippen molar-refractivity contribution >= 4 is 34.8 Å². The van der Waals surface area contributed by atoms with E-state index in [1.807, 2.05) is 6.07 Å². The molecule has 1 heterocycles. The number of carbonyl (C=O) groups excluding carboxylic acids is 1. The first kappa shape index (κ1) is 19.0. The lowest BCUT2D eigenvalue weighted by Crippen LogP contribution is -3.15. The second-order valence-electron chi connectivity index (χ2n) is 6.40. The Morgan fingerprint density at radius 2 is 1.81 bits per heavy atom. The Balaban J connectivity index is 1.43. The van der Waals surface area contributed by atoms with E-state index in [0.717, 1.165) is 37.4 Å². The van der Waals surface area contributed by atoms with Gasteiger partial charge in [-0.25, -0.2) is 4.39 Å². The molecule has 1 aliphatic rings. The van der Waals surface area contributed by atoms with Gasteiger partial charge in [0.2, 0.25) is 0 Å². The minimum atomic E-state index is -0.226. The summed E-state index contributed by atoms with van der Waals surface area (Å²) in [5.41, 5.74) is 1.87. The molecule has 2 aromatic carbocycles. The van der Waals surface area contributed by atoms with E-state index < -0.39 is 0 Å². The Bertz CT molecular complexity index is 762. The zero-order chi connectivity index (χ0) is 18.5. The SMILES string of the molecule is O=C(C[NH+]1CCN(c2ccc(F)cc2)CC1)NCc1ccc(Cl)cc1Cl. The molecule has 3 rings (SSSR count). The van der Waals surface area contributed by atoms with Gasteiger partial charge in [-0.1, -0.05) is 29.3 Å². The summed E-state index contributed by atoms with van der Waals surface area (Å²) in [5, 5.41) is 4.04. The molecule has 0 atom stereocenters. The Morgan fingerprint density at radius 1 is 1.12 bits per heavy atom. The predicted molar refractivity (Wildman–Crippen MR) is 102 cm³/mol. The van der Waals surface area contributed by atoms with E-state index in [4.69, 9.17) is 23.2 Å². The lowest BCUT2D eigenvalue weighted by molar-refractivity contribution is -0.892. The molecule has 0 bridgehead atoms. The Labute approximate surface area is 162 Å². The number of nitrogens with zero attached hydrogens (tertiary/aromatic N) is 1. The number of quaternary nitrogens is 1. The van der Waals surface area contributed by atoms with Crippen LogP contribution in [0.4, 0.5) is 10.1 Å². The van der Waals surface area contributed by atoms with E-state index in [2.05, 4.69) is 10.2 Å². The van der Waals surface area contributed by atoms with Crippen molar-refractivity contribution in [3.63, 3.8) is 0 Å². The van der Waals surface area contributed by atoms with Crippen molar-refractivity contribution in [1.82, 2.24) is 5.32 Å². The number of hydrogen-bond acceptors (Lipinski definition) is 2. The molecule has 0 spiro atoms. The fourth-order valence-corrected chi connectivity index (χ4v) is 3.53. The number of amides is 1. The van der Waals surface area contributed by atoms with Crippen molar-refractivity contribution in [2.45, 2.75) is 6.54 Å². The van der Waals surface area contributed by atoms with Crippen LogP contribution in [-0.2, 0) is 11.3 Å². The standard InChI is InChI=1S/C19H20Cl2FN3O/c20-15-2-1-14(18(21)11-15)12-23-19(26)13-24-7-9-25(10-8-24)17-5-3-16(22)4-6-17/h1-6,11H,7-10,12-13H2,(H,23,26)/p+1. The normalized spacial score (nSPS) is 15.1. The van der Waals surface area contributed by atoms with E-state index in [-0.39, 0.29) is 11.7 Å². The Hall–Kier alpha value is -1.82. The van der Waals surface area contributed by atoms with Crippen LogP contribution < -0.4 is 15.1 Å². The van der Waals surface area contributed by atoms with Crippen molar-refractivity contribution in [2.24, 2.45) is 0 Å². The highest BCUT2D eigenvalue weighted by Crippen LogP contribution is 2.20. The molecule has 138 valence electrons. The van der Waals surface area contributed by atoms with Crippen molar-refractivity contribution in [3.05, 3.63) is 63.9 Å². The maximum atomic E-state index is 13.0. The molecule has 0 saturated carbocycles. The second kappa shape index (κ2) is 8.71. The topological polar surface area (TPSA) is 36.8 Å². The van der Waals surface area contributed by atoms with Gasteiger partial charge in [0.05, 0.1) is 26.2 Å². The lowest BCUT2D eigenvalue weighted by Gasteiger charge is -2.33. The molecule has 1 fully saturated rings. The quantitative estimate of drug-likeness (QED) is 0.812. The first-order valence-electron chi connectivity index (χ1n) is 8.56. The molecule has 1 saturated heterocycles. The van der Waals surface area contributed by atoms with Gasteiger partial charge in [0.25, 0.3) is 5.91 Å². The monoisotopic (exact) mass is 396 g/mol. The molecular weight excluding hydrogens is 376 g/mol. The summed E-state index contributed by atoms with van der Waals surface area (Å²) in [6, 6.07) is 11.8. The van der Waals surface area contributed by atoms with Crippen LogP contribution in [0.3, 0.4) is 0 Å². The maximum Gasteiger partial charge on any atom is 0.275 e. The van der Waals surface area contributed by atoms with Crippen LogP contribution in [0.2, 0.25) is 10.0 Å². The number of nitrogens with one attached hydrogen (secondary N) is 2. The molecular formula is C19H21Cl2FN3O+. The molecule has 2 N–H and O–H groups in total. The van der Waals surface area contributed by atoms with Gasteiger partial charge < -0.3 is 15.1 Å². The number of piperazine rings is 1. The van der Waals surface area contributed by atoms with Gasteiger partial charge in [0.1, 0.15) is 5.82 Å². The summed E-state index contributed by atoms with van der Waals surface area (Å²) in [4.78, 5) is 15.7. The number of hydrogen-bond donors (Lipinski definition) is 2. The highest BCUT2D eigenvalue weighted by molar-refractivity contribution is 6.35. The summed E-state index contributed by atoms with van der Waals surface area (Å²) < 4.78 is 13.0. The molecule has 26 heavy (non-hydrogen) atoms. The molecule has 0 unspecified atom stereocenters. The van der Waals surface area contributed by atoms with Crippen LogP contribution in [0, 0.1) is 5.82 Å². The van der Waals surface area contributed by atoms with Crippen LogP contribution in [0.1, 0.15) is 5.56 Å². The van der Waals surface area contributed by atoms with Gasteiger partial charge in [-0.3, -0.25) is 4.79 Å². The van der Waals surface area contributed by atoms with E-state index in [9.17, 15) is 9.18 Å². The fourth-order valence-electron chi connectivity index (χ4n) is 3.06. The van der Waals surface area contributed by atoms with Gasteiger partial charge in [0, 0.05) is 22.3 Å². The zero-order valence-corrected chi connectivity index (χ0v) is 15.8. The average molecular weight is 397 g/mol. The van der Waals surface area contributed by atoms with E-state index >= 15 is 0 Å². The number of anilines is 1. The molecule has 2 aromatic rings. The van der Waals surface area contributed by atoms with Crippen molar-refractivity contribution in [2.75, 3.05) is 37.6 Å². The van der Waals surface area contributed by atoms with Crippen molar-refractivity contribution in [1.29, 1.82) is 0 Å². The van der Waals surface area contributed by atoms with Crippen molar-refractivity contribution in [3.8, 4) is 0 Å². The smallest absolute Gasteiger partial charge is 0.275 e. The average Bonchev–Trinajstić information content (AvgIpc) is 2.62. The van der Waals surface area contributed by atoms with Crippen LogP contribution >= 0.6 is 23.2 Å². The van der Waals surface area contributed by atoms with Gasteiger partial charge in [-0.15, -0.1) is 0 Å². The third-order valence-corrected chi connectivity index (χ3v) is 5.15. The van der Waals surface area contributed by atoms with Gasteiger partial charge >= 0.3 is 0 Å². The van der Waals surface area contributed by atoms with Crippen LogP contribution in [0.5, 0.6) is 0 Å². The van der Waals surface area contributed by atoms with E-state index in [1.165, 1.54) is 17.0 Å². The summed E-state index contributed by atoms with van der Waals surface area (Å²) in [7, 11) is 0. The molecule has 4 nitrogen and oxygen atoms in total. The molecule has 1 amide bonds. The first-order valence-corrected chi connectivity index (χ1v) is 9.31. The highest BCUT2D eigenvalue weighted by Gasteiger charge is 2.22. The molecule has 0 aromatic heterocycles. The van der Waals surface area contributed by atoms with Gasteiger partial charge in [-0.2, -0.15) is 0 Å². The third kappa shape index (κ3) is 5.10. The largest absolute Gasteiger partial charge is 0.360 e. The number of rotatable bonds is 5. The van der Waals surface area contributed by atoms with Crippen LogP contribution in [0.15, 0.2) is 42.5 Å². The van der Waals surface area contributed by atoms with Crippen LogP contribution in [0.25, 0.3) is 0 Å². The zero-order valence-electron chi connectivity index (χ0n) is 14.3. The molecule has 0 radical (unpaired) electrons. The molecule has 0 aliphatic carbocycles. The maximum absolute atomic E-state index is 13.0. The van der Waals surface area contributed by atoms with Crippen LogP contribution in [-0.4, -0.2) is 38.6 Å². The first-order chi connectivity index (χ1) is 12.5. The summed E-state index contributed by atoms with van der Waals surface area (Å²) >= 11 is 12.0. The van der Waals surface area contributed by atoms with E-state index in [0.29, 0.717) is 23.1 Å². The molecule has 1 aliphatic heterocycles. The molecule has 7 heteroatoms. The Kier molecular flexibility index (Phi) is 6.35. The highest BCUT2D eigenvalue weighted by atomic mass is 35.5. The number of carbonyl (C=O) groups is 1. The summed E-state index contributed by atoms with van der Waals surface area (Å²) in [6.07, 6.45) is 0. The summed E-state index contributed by atoms with van der Waals surface area (Å²) in [6.45, 7) is 4.25. The Morgan fingerprint density at radius 3 is 2.46 bits per heavy atom. The van der Waals surface area contributed by atoms with E-state index in [1.54, 1.807) is 24.3 Å². The predicted octanol–water partition coefficient (Wildman–Crippen LogP) is 2.15. The van der Waals surface area contributed by atoms with Crippen molar-refractivity contribution < 1.29 is 14.1 Å². The minimum Gasteiger partial charge on any atom is -0.360 e. The summed E-state index contributed by atoms with van der Waals surface area (Å²) in [5.74, 6) is -0.225. The second-order valence-corrected chi connectivity index (χ2v) is 7.25. The van der Waals surface area contributed by atoms with Gasteiger partial charge in [-0.05, 0) is 42.0 Å².